The zero-order valence-electron chi connectivity index (χ0n) is 9.60. The first kappa shape index (κ1) is 14.7. The van der Waals surface area contributed by atoms with Gasteiger partial charge in [0.1, 0.15) is 6.07 Å². The molecular weight excluding hydrogens is 278 g/mol. The predicted octanol–water partition coefficient (Wildman–Crippen LogP) is 1.10. The summed E-state index contributed by atoms with van der Waals surface area (Å²) in [7, 11) is -2.28. The molecular formula is C10H12ClN3O3S. The molecule has 18 heavy (non-hydrogen) atoms. The number of nitrogens with zero attached hydrogens (tertiary/aromatic N) is 1. The number of nitrogens with one attached hydrogen (secondary N) is 2. The molecule has 0 aromatic heterocycles. The summed E-state index contributed by atoms with van der Waals surface area (Å²) < 4.78 is 32.5. The minimum atomic E-state index is -3.75. The minimum absolute atomic E-state index is 0.133. The average molecular weight is 290 g/mol. The van der Waals surface area contributed by atoms with Gasteiger partial charge in [0.05, 0.1) is 17.9 Å². The van der Waals surface area contributed by atoms with Crippen LogP contribution in [0.25, 0.3) is 0 Å². The van der Waals surface area contributed by atoms with E-state index >= 15 is 0 Å². The highest BCUT2D eigenvalue weighted by molar-refractivity contribution is 7.90. The van der Waals surface area contributed by atoms with E-state index in [0.717, 1.165) is 0 Å². The van der Waals surface area contributed by atoms with Gasteiger partial charge in [-0.3, -0.25) is 4.72 Å². The van der Waals surface area contributed by atoms with Crippen LogP contribution in [0.3, 0.4) is 0 Å². The maximum Gasteiger partial charge on any atom is 0.299 e. The lowest BCUT2D eigenvalue weighted by Gasteiger charge is -2.10. The SMILES string of the molecule is COCCNS(=O)(=O)Nc1cc(Cl)ccc1C#N. The first-order valence-electron chi connectivity index (χ1n) is 4.94. The number of methoxy groups -OCH3 is 1. The van der Waals surface area contributed by atoms with Gasteiger partial charge in [-0.05, 0) is 18.2 Å². The average Bonchev–Trinajstić information content (AvgIpc) is 2.29. The zero-order valence-corrected chi connectivity index (χ0v) is 11.2. The number of hydrogen-bond donors (Lipinski definition) is 2. The molecule has 0 saturated carbocycles. The molecule has 6 nitrogen and oxygen atoms in total. The molecule has 0 unspecified atom stereocenters. The summed E-state index contributed by atoms with van der Waals surface area (Å²) in [6.45, 7) is 0.385. The molecule has 0 amide bonds. The summed E-state index contributed by atoms with van der Waals surface area (Å²) in [6.07, 6.45) is 0. The molecule has 0 heterocycles. The highest BCUT2D eigenvalue weighted by Gasteiger charge is 2.12. The van der Waals surface area contributed by atoms with Gasteiger partial charge in [-0.1, -0.05) is 11.6 Å². The monoisotopic (exact) mass is 289 g/mol. The van der Waals surface area contributed by atoms with Crippen LogP contribution >= 0.6 is 11.6 Å². The van der Waals surface area contributed by atoms with E-state index in [1.165, 1.54) is 25.3 Å². The van der Waals surface area contributed by atoms with Gasteiger partial charge in [0.2, 0.25) is 0 Å². The lowest BCUT2D eigenvalue weighted by Crippen LogP contribution is -2.32. The molecule has 0 aliphatic heterocycles. The Labute approximate surface area is 111 Å². The summed E-state index contributed by atoms with van der Waals surface area (Å²) in [6, 6.07) is 6.20. The third-order valence-electron chi connectivity index (χ3n) is 1.94. The van der Waals surface area contributed by atoms with E-state index in [1.807, 2.05) is 6.07 Å². The number of ether oxygens (including phenoxy) is 1. The number of nitriles is 1. The van der Waals surface area contributed by atoms with E-state index in [0.29, 0.717) is 5.02 Å². The summed E-state index contributed by atoms with van der Waals surface area (Å²) in [4.78, 5) is 0. The number of halogens is 1. The van der Waals surface area contributed by atoms with Crippen molar-refractivity contribution in [3.05, 3.63) is 28.8 Å². The van der Waals surface area contributed by atoms with Gasteiger partial charge < -0.3 is 4.74 Å². The summed E-state index contributed by atoms with van der Waals surface area (Å²) in [5.74, 6) is 0. The van der Waals surface area contributed by atoms with Crippen molar-refractivity contribution in [2.75, 3.05) is 25.0 Å². The van der Waals surface area contributed by atoms with Crippen LogP contribution in [0.2, 0.25) is 5.02 Å². The number of benzene rings is 1. The van der Waals surface area contributed by atoms with Gasteiger partial charge in [0.15, 0.2) is 0 Å². The van der Waals surface area contributed by atoms with Crippen molar-refractivity contribution in [3.8, 4) is 6.07 Å². The van der Waals surface area contributed by atoms with Crippen molar-refractivity contribution >= 4 is 27.5 Å². The smallest absolute Gasteiger partial charge is 0.299 e. The Bertz CT molecular complexity index is 554. The molecule has 0 aliphatic carbocycles. The van der Waals surface area contributed by atoms with Crippen molar-refractivity contribution in [2.45, 2.75) is 0 Å². The molecule has 0 spiro atoms. The van der Waals surface area contributed by atoms with E-state index in [4.69, 9.17) is 21.6 Å². The normalized spacial score (nSPS) is 10.9. The van der Waals surface area contributed by atoms with Crippen molar-refractivity contribution in [1.82, 2.24) is 4.72 Å². The van der Waals surface area contributed by atoms with Crippen LogP contribution in [0, 0.1) is 11.3 Å². The largest absolute Gasteiger partial charge is 0.383 e. The molecule has 0 fully saturated rings. The van der Waals surface area contributed by atoms with Gasteiger partial charge in [-0.25, -0.2) is 0 Å². The van der Waals surface area contributed by atoms with Crippen LogP contribution in [0.1, 0.15) is 5.56 Å². The van der Waals surface area contributed by atoms with Crippen molar-refractivity contribution in [3.63, 3.8) is 0 Å². The van der Waals surface area contributed by atoms with Gasteiger partial charge in [0, 0.05) is 18.7 Å². The molecule has 0 saturated heterocycles. The van der Waals surface area contributed by atoms with Gasteiger partial charge in [0.25, 0.3) is 10.2 Å². The van der Waals surface area contributed by atoms with Gasteiger partial charge >= 0.3 is 0 Å². The molecule has 2 N–H and O–H groups in total. The van der Waals surface area contributed by atoms with Crippen molar-refractivity contribution in [2.24, 2.45) is 0 Å². The molecule has 1 aromatic carbocycles. The van der Waals surface area contributed by atoms with Gasteiger partial charge in [-0.2, -0.15) is 18.4 Å². The summed E-state index contributed by atoms with van der Waals surface area (Å²) in [5, 5.41) is 9.19. The minimum Gasteiger partial charge on any atom is -0.383 e. The topological polar surface area (TPSA) is 91.2 Å². The molecule has 8 heteroatoms. The molecule has 0 atom stereocenters. The second kappa shape index (κ2) is 6.56. The molecule has 0 radical (unpaired) electrons. The first-order valence-corrected chi connectivity index (χ1v) is 6.80. The fourth-order valence-corrected chi connectivity index (χ4v) is 2.21. The Morgan fingerprint density at radius 1 is 1.50 bits per heavy atom. The Kier molecular flexibility index (Phi) is 5.37. The molecule has 0 aliphatic rings. The van der Waals surface area contributed by atoms with Crippen LogP contribution in [0.5, 0.6) is 0 Å². The Morgan fingerprint density at radius 2 is 2.22 bits per heavy atom. The van der Waals surface area contributed by atoms with Crippen molar-refractivity contribution < 1.29 is 13.2 Å². The number of hydrogen-bond acceptors (Lipinski definition) is 4. The van der Waals surface area contributed by atoms with Crippen molar-refractivity contribution in [1.29, 1.82) is 5.26 Å². The standard InChI is InChI=1S/C10H12ClN3O3S/c1-17-5-4-13-18(15,16)14-10-6-9(11)3-2-8(10)7-12/h2-3,6,13-14H,4-5H2,1H3. The van der Waals surface area contributed by atoms with Crippen LogP contribution in [0.15, 0.2) is 18.2 Å². The third kappa shape index (κ3) is 4.50. The number of anilines is 1. The van der Waals surface area contributed by atoms with Crippen LogP contribution < -0.4 is 9.44 Å². The van der Waals surface area contributed by atoms with E-state index in [2.05, 4.69) is 9.44 Å². The van der Waals surface area contributed by atoms with E-state index in [-0.39, 0.29) is 24.4 Å². The first-order chi connectivity index (χ1) is 8.48. The maximum atomic E-state index is 11.6. The van der Waals surface area contributed by atoms with Crippen LogP contribution in [0.4, 0.5) is 5.69 Å². The highest BCUT2D eigenvalue weighted by atomic mass is 35.5. The number of rotatable bonds is 6. The predicted molar refractivity (Wildman–Crippen MR) is 68.6 cm³/mol. The lowest BCUT2D eigenvalue weighted by atomic mass is 10.2. The quantitative estimate of drug-likeness (QED) is 0.767. The van der Waals surface area contributed by atoms with Crippen LogP contribution in [-0.2, 0) is 14.9 Å². The molecule has 0 bridgehead atoms. The Balaban J connectivity index is 2.84. The fraction of sp³-hybridized carbons (Fsp3) is 0.300. The maximum absolute atomic E-state index is 11.6. The highest BCUT2D eigenvalue weighted by Crippen LogP contribution is 2.20. The third-order valence-corrected chi connectivity index (χ3v) is 3.25. The van der Waals surface area contributed by atoms with E-state index in [9.17, 15) is 8.42 Å². The second-order valence-electron chi connectivity index (χ2n) is 3.29. The Hall–Kier alpha value is -1.33. The van der Waals surface area contributed by atoms with Gasteiger partial charge in [-0.15, -0.1) is 0 Å². The summed E-state index contributed by atoms with van der Waals surface area (Å²) >= 11 is 5.74. The van der Waals surface area contributed by atoms with E-state index < -0.39 is 10.2 Å². The lowest BCUT2D eigenvalue weighted by molar-refractivity contribution is 0.204. The van der Waals surface area contributed by atoms with Crippen LogP contribution in [-0.4, -0.2) is 28.7 Å². The fourth-order valence-electron chi connectivity index (χ4n) is 1.16. The summed E-state index contributed by atoms with van der Waals surface area (Å²) in [5.41, 5.74) is 0.325. The second-order valence-corrected chi connectivity index (χ2v) is 5.23. The molecule has 98 valence electrons. The van der Waals surface area contributed by atoms with E-state index in [1.54, 1.807) is 0 Å². The zero-order chi connectivity index (χ0) is 13.6. The molecule has 1 rings (SSSR count). The molecule has 1 aromatic rings. The Morgan fingerprint density at radius 3 is 2.83 bits per heavy atom.